The summed E-state index contributed by atoms with van der Waals surface area (Å²) in [6.07, 6.45) is 0.359. The van der Waals surface area contributed by atoms with Gasteiger partial charge in [-0.15, -0.1) is 0 Å². The van der Waals surface area contributed by atoms with Crippen LogP contribution in [0.3, 0.4) is 0 Å². The highest BCUT2D eigenvalue weighted by Gasteiger charge is 2.32. The fourth-order valence-corrected chi connectivity index (χ4v) is 5.95. The van der Waals surface area contributed by atoms with Gasteiger partial charge in [-0.05, 0) is 55.8 Å². The zero-order valence-corrected chi connectivity index (χ0v) is 19.2. The number of halogens is 3. The zero-order valence-electron chi connectivity index (χ0n) is 18.4. The average Bonchev–Trinajstić information content (AvgIpc) is 3.35. The smallest absolute Gasteiger partial charge is 0.256 e. The third-order valence-corrected chi connectivity index (χ3v) is 7.70. The highest BCUT2D eigenvalue weighted by atomic mass is 32.2. The third kappa shape index (κ3) is 4.39. The van der Waals surface area contributed by atoms with E-state index < -0.39 is 39.2 Å². The van der Waals surface area contributed by atoms with E-state index in [4.69, 9.17) is 0 Å². The maximum Gasteiger partial charge on any atom is 0.256 e. The molecule has 0 saturated carbocycles. The molecule has 0 radical (unpaired) electrons. The number of aromatic nitrogens is 3. The van der Waals surface area contributed by atoms with Gasteiger partial charge >= 0.3 is 0 Å². The van der Waals surface area contributed by atoms with E-state index in [1.807, 2.05) is 0 Å². The van der Waals surface area contributed by atoms with Crippen molar-refractivity contribution in [2.75, 3.05) is 16.8 Å². The van der Waals surface area contributed by atoms with Gasteiger partial charge in [-0.2, -0.15) is 5.10 Å². The lowest BCUT2D eigenvalue weighted by Gasteiger charge is -2.12. The summed E-state index contributed by atoms with van der Waals surface area (Å²) in [6, 6.07) is 9.59. The summed E-state index contributed by atoms with van der Waals surface area (Å²) in [6.45, 7) is 1.68. The van der Waals surface area contributed by atoms with Gasteiger partial charge < -0.3 is 5.32 Å². The van der Waals surface area contributed by atoms with Crippen molar-refractivity contribution in [2.24, 2.45) is 0 Å². The number of amides is 1. The van der Waals surface area contributed by atoms with Crippen molar-refractivity contribution < 1.29 is 26.4 Å². The first-order valence-electron chi connectivity index (χ1n) is 10.7. The topological polar surface area (TPSA) is 93.9 Å². The fourth-order valence-electron chi connectivity index (χ4n) is 4.26. The number of carbonyl (C=O) groups is 1. The van der Waals surface area contributed by atoms with Gasteiger partial charge in [0.2, 0.25) is 0 Å². The maximum atomic E-state index is 13.7. The Hall–Kier alpha value is -3.73. The number of nitrogens with one attached hydrogen (secondary N) is 1. The second-order valence-electron chi connectivity index (χ2n) is 8.43. The van der Waals surface area contributed by atoms with Gasteiger partial charge in [0.1, 0.15) is 5.82 Å². The molecule has 2 aromatic carbocycles. The predicted molar refractivity (Wildman–Crippen MR) is 124 cm³/mol. The molecule has 1 N–H and O–H groups in total. The SMILES string of the molecule is Cc1nn(C2CCS(=O)(=O)C2)c2nc(-c3ccc(F)cc3)cc(C(=O)Nc3ccc(F)c(F)c3)c12. The number of nitrogens with zero attached hydrogens (tertiary/aromatic N) is 3. The monoisotopic (exact) mass is 500 g/mol. The van der Waals surface area contributed by atoms with E-state index in [1.54, 1.807) is 6.92 Å². The van der Waals surface area contributed by atoms with E-state index in [9.17, 15) is 26.4 Å². The van der Waals surface area contributed by atoms with Crippen molar-refractivity contribution >= 4 is 32.5 Å². The minimum Gasteiger partial charge on any atom is -0.322 e. The standard InChI is InChI=1S/C24H19F3N4O3S/c1-13-22-18(24(32)28-16-6-7-19(26)20(27)10-16)11-21(14-2-4-15(25)5-3-14)29-23(22)31(30-13)17-8-9-35(33,34)12-17/h2-7,10-11,17H,8-9,12H2,1H3,(H,28,32). The molecule has 1 unspecified atom stereocenters. The van der Waals surface area contributed by atoms with Crippen LogP contribution in [0.2, 0.25) is 0 Å². The Kier molecular flexibility index (Phi) is 5.59. The Morgan fingerprint density at radius 2 is 1.80 bits per heavy atom. The fraction of sp³-hybridized carbons (Fsp3) is 0.208. The molecule has 35 heavy (non-hydrogen) atoms. The normalized spacial score (nSPS) is 17.1. The number of hydrogen-bond acceptors (Lipinski definition) is 5. The number of hydrogen-bond donors (Lipinski definition) is 1. The first-order valence-corrected chi connectivity index (χ1v) is 12.6. The van der Waals surface area contributed by atoms with Gasteiger partial charge in [-0.25, -0.2) is 31.3 Å². The predicted octanol–water partition coefficient (Wildman–Crippen LogP) is 4.44. The summed E-state index contributed by atoms with van der Waals surface area (Å²) < 4.78 is 66.2. The van der Waals surface area contributed by atoms with Crippen LogP contribution in [0.1, 0.15) is 28.5 Å². The minimum absolute atomic E-state index is 0.0270. The van der Waals surface area contributed by atoms with E-state index >= 15 is 0 Å². The van der Waals surface area contributed by atoms with Crippen LogP contribution >= 0.6 is 0 Å². The van der Waals surface area contributed by atoms with Crippen molar-refractivity contribution in [1.29, 1.82) is 0 Å². The Labute approximate surface area is 198 Å². The molecule has 1 saturated heterocycles. The van der Waals surface area contributed by atoms with Gasteiger partial charge in [-0.3, -0.25) is 4.79 Å². The number of sulfone groups is 1. The van der Waals surface area contributed by atoms with Gasteiger partial charge in [0, 0.05) is 17.3 Å². The Morgan fingerprint density at radius 1 is 1.06 bits per heavy atom. The third-order valence-electron chi connectivity index (χ3n) is 5.95. The van der Waals surface area contributed by atoms with Crippen molar-refractivity contribution in [3.8, 4) is 11.3 Å². The van der Waals surface area contributed by atoms with Gasteiger partial charge in [0.25, 0.3) is 5.91 Å². The number of pyridine rings is 1. The number of benzene rings is 2. The summed E-state index contributed by atoms with van der Waals surface area (Å²) in [5.41, 5.74) is 1.84. The average molecular weight is 501 g/mol. The van der Waals surface area contributed by atoms with Crippen LogP contribution in [-0.4, -0.2) is 40.6 Å². The van der Waals surface area contributed by atoms with Crippen molar-refractivity contribution in [3.63, 3.8) is 0 Å². The van der Waals surface area contributed by atoms with Crippen LogP contribution < -0.4 is 5.32 Å². The summed E-state index contributed by atoms with van der Waals surface area (Å²) in [4.78, 5) is 18.0. The number of fused-ring (bicyclic) bond motifs is 1. The summed E-state index contributed by atoms with van der Waals surface area (Å²) in [5.74, 6) is -3.28. The molecule has 1 fully saturated rings. The lowest BCUT2D eigenvalue weighted by Crippen LogP contribution is -2.15. The first kappa shape index (κ1) is 23.0. The van der Waals surface area contributed by atoms with Crippen molar-refractivity contribution in [1.82, 2.24) is 14.8 Å². The summed E-state index contributed by atoms with van der Waals surface area (Å²) >= 11 is 0. The second kappa shape index (κ2) is 8.49. The van der Waals surface area contributed by atoms with Crippen LogP contribution in [0.4, 0.5) is 18.9 Å². The minimum atomic E-state index is -3.22. The Bertz CT molecular complexity index is 1580. The van der Waals surface area contributed by atoms with Crippen LogP contribution in [0, 0.1) is 24.4 Å². The molecule has 11 heteroatoms. The number of aryl methyl sites for hydroxylation is 1. The van der Waals surface area contributed by atoms with Crippen LogP contribution in [0.5, 0.6) is 0 Å². The van der Waals surface area contributed by atoms with E-state index in [0.717, 1.165) is 12.1 Å². The highest BCUT2D eigenvalue weighted by Crippen LogP contribution is 2.32. The highest BCUT2D eigenvalue weighted by molar-refractivity contribution is 7.91. The largest absolute Gasteiger partial charge is 0.322 e. The molecule has 180 valence electrons. The quantitative estimate of drug-likeness (QED) is 0.447. The molecular weight excluding hydrogens is 481 g/mol. The molecule has 3 heterocycles. The van der Waals surface area contributed by atoms with Gasteiger partial charge in [-0.1, -0.05) is 0 Å². The molecule has 5 rings (SSSR count). The van der Waals surface area contributed by atoms with Crippen molar-refractivity contribution in [2.45, 2.75) is 19.4 Å². The molecule has 1 atom stereocenters. The molecule has 4 aromatic rings. The molecular formula is C24H19F3N4O3S. The molecule has 0 bridgehead atoms. The maximum absolute atomic E-state index is 13.7. The molecule has 0 spiro atoms. The second-order valence-corrected chi connectivity index (χ2v) is 10.7. The van der Waals surface area contributed by atoms with E-state index in [2.05, 4.69) is 15.4 Å². The number of anilines is 1. The number of carbonyl (C=O) groups excluding carboxylic acids is 1. The molecule has 7 nitrogen and oxygen atoms in total. The van der Waals surface area contributed by atoms with E-state index in [-0.39, 0.29) is 22.8 Å². The first-order chi connectivity index (χ1) is 16.6. The summed E-state index contributed by atoms with van der Waals surface area (Å²) in [5, 5.41) is 7.46. The van der Waals surface area contributed by atoms with Gasteiger partial charge in [0.15, 0.2) is 27.1 Å². The van der Waals surface area contributed by atoms with E-state index in [0.29, 0.717) is 34.4 Å². The molecule has 1 aliphatic heterocycles. The zero-order chi connectivity index (χ0) is 24.9. The Morgan fingerprint density at radius 3 is 2.46 bits per heavy atom. The van der Waals surface area contributed by atoms with Crippen LogP contribution in [-0.2, 0) is 9.84 Å². The van der Waals surface area contributed by atoms with E-state index in [1.165, 1.54) is 41.1 Å². The Balaban J connectivity index is 1.67. The molecule has 1 aliphatic rings. The van der Waals surface area contributed by atoms with Crippen molar-refractivity contribution in [3.05, 3.63) is 77.2 Å². The van der Waals surface area contributed by atoms with Gasteiger partial charge in [0.05, 0.1) is 39.9 Å². The number of rotatable bonds is 4. The van der Waals surface area contributed by atoms with Crippen LogP contribution in [0.15, 0.2) is 48.5 Å². The molecule has 2 aromatic heterocycles. The molecule has 0 aliphatic carbocycles. The van der Waals surface area contributed by atoms with Crippen LogP contribution in [0.25, 0.3) is 22.3 Å². The summed E-state index contributed by atoms with van der Waals surface area (Å²) in [7, 11) is -3.22. The lowest BCUT2D eigenvalue weighted by molar-refractivity contribution is 0.102. The lowest BCUT2D eigenvalue weighted by atomic mass is 10.0. The molecule has 1 amide bonds.